The Labute approximate surface area is 110 Å². The van der Waals surface area contributed by atoms with Crippen LogP contribution in [0.1, 0.15) is 34.6 Å². The highest BCUT2D eigenvalue weighted by atomic mass is 16.6. The fraction of sp³-hybridized carbons (Fsp3) is 0.923. The number of hydrogen-bond donors (Lipinski definition) is 2. The van der Waals surface area contributed by atoms with Gasteiger partial charge >= 0.3 is 0 Å². The lowest BCUT2D eigenvalue weighted by Gasteiger charge is -2.25. The molecule has 5 heteroatoms. The molecular formula is C13H27NO4. The van der Waals surface area contributed by atoms with Crippen molar-refractivity contribution in [1.29, 1.82) is 0 Å². The van der Waals surface area contributed by atoms with E-state index in [-0.39, 0.29) is 12.0 Å². The molecule has 108 valence electrons. The summed E-state index contributed by atoms with van der Waals surface area (Å²) in [7, 11) is 1.55. The average Bonchev–Trinajstić information content (AvgIpc) is 2.25. The van der Waals surface area contributed by atoms with Crippen molar-refractivity contribution < 1.29 is 19.8 Å². The van der Waals surface area contributed by atoms with Gasteiger partial charge in [-0.25, -0.2) is 0 Å². The van der Waals surface area contributed by atoms with Gasteiger partial charge in [0.1, 0.15) is 24.5 Å². The maximum atomic E-state index is 9.96. The minimum atomic E-state index is -1.08. The van der Waals surface area contributed by atoms with Crippen molar-refractivity contribution >= 4 is 5.71 Å². The van der Waals surface area contributed by atoms with Gasteiger partial charge in [0.25, 0.3) is 0 Å². The highest BCUT2D eigenvalue weighted by Crippen LogP contribution is 2.13. The molecule has 0 aliphatic heterocycles. The van der Waals surface area contributed by atoms with Crippen LogP contribution in [0.25, 0.3) is 0 Å². The van der Waals surface area contributed by atoms with Gasteiger partial charge in [-0.05, 0) is 18.8 Å². The number of aliphatic hydroxyl groups is 2. The molecule has 0 bridgehead atoms. The van der Waals surface area contributed by atoms with Crippen molar-refractivity contribution in [2.45, 2.75) is 52.9 Å². The Morgan fingerprint density at radius 1 is 1.11 bits per heavy atom. The van der Waals surface area contributed by atoms with Crippen LogP contribution < -0.4 is 0 Å². The number of nitrogens with zero attached hydrogens (tertiary/aromatic N) is 1. The second-order valence-corrected chi connectivity index (χ2v) is 5.29. The molecule has 0 unspecified atom stereocenters. The summed E-state index contributed by atoms with van der Waals surface area (Å²) in [4.78, 5) is 5.20. The minimum absolute atomic E-state index is 0.129. The summed E-state index contributed by atoms with van der Waals surface area (Å²) >= 11 is 0. The second kappa shape index (κ2) is 8.45. The van der Waals surface area contributed by atoms with Crippen LogP contribution in [-0.2, 0) is 9.57 Å². The molecule has 0 heterocycles. The predicted molar refractivity (Wildman–Crippen MR) is 71.5 cm³/mol. The first-order valence-corrected chi connectivity index (χ1v) is 6.39. The summed E-state index contributed by atoms with van der Waals surface area (Å²) in [5.41, 5.74) is 0.336. The first-order valence-electron chi connectivity index (χ1n) is 6.39. The molecule has 0 rings (SSSR count). The molecule has 0 aromatic heterocycles. The lowest BCUT2D eigenvalue weighted by Crippen LogP contribution is -2.42. The highest BCUT2D eigenvalue weighted by molar-refractivity contribution is 5.92. The Bertz CT molecular complexity index is 251. The molecule has 0 aromatic carbocycles. The lowest BCUT2D eigenvalue weighted by molar-refractivity contribution is 0.0421. The van der Waals surface area contributed by atoms with E-state index >= 15 is 0 Å². The van der Waals surface area contributed by atoms with E-state index < -0.39 is 12.2 Å². The molecule has 0 saturated heterocycles. The molecule has 0 radical (unpaired) electrons. The maximum absolute atomic E-state index is 9.96. The summed E-state index contributed by atoms with van der Waals surface area (Å²) in [6, 6.07) is 0. The van der Waals surface area contributed by atoms with E-state index in [4.69, 9.17) is 9.57 Å². The number of methoxy groups -OCH3 is 1. The Balaban J connectivity index is 4.91. The van der Waals surface area contributed by atoms with Crippen LogP contribution in [0.3, 0.4) is 0 Å². The van der Waals surface area contributed by atoms with Crippen molar-refractivity contribution in [3.05, 3.63) is 0 Å². The third-order valence-electron chi connectivity index (χ3n) is 2.49. The van der Waals surface area contributed by atoms with Crippen LogP contribution in [-0.4, -0.2) is 48.0 Å². The Hall–Kier alpha value is -0.650. The van der Waals surface area contributed by atoms with Crippen molar-refractivity contribution in [2.75, 3.05) is 13.7 Å². The molecule has 0 aliphatic rings. The van der Waals surface area contributed by atoms with Crippen LogP contribution in [0.5, 0.6) is 0 Å². The fourth-order valence-electron chi connectivity index (χ4n) is 1.52. The first-order chi connectivity index (χ1) is 8.31. The van der Waals surface area contributed by atoms with E-state index in [1.54, 1.807) is 7.11 Å². The lowest BCUT2D eigenvalue weighted by atomic mass is 9.96. The van der Waals surface area contributed by atoms with Gasteiger partial charge in [0.05, 0.1) is 6.10 Å². The summed E-state index contributed by atoms with van der Waals surface area (Å²) in [5.74, 6) is 0.475. The van der Waals surface area contributed by atoms with E-state index in [1.165, 1.54) is 6.92 Å². The second-order valence-electron chi connectivity index (χ2n) is 5.29. The average molecular weight is 261 g/mol. The van der Waals surface area contributed by atoms with Crippen molar-refractivity contribution in [1.82, 2.24) is 0 Å². The standard InChI is InChI=1S/C13H27NO4/c1-8(2)7-18-14-11(12(16)10(5)15)13(17-6)9(3)4/h8-10,12-13,15-16H,7H2,1-6H3/b14-11+/t10-,12+,13+/m1/s1. The van der Waals surface area contributed by atoms with Crippen LogP contribution in [0.2, 0.25) is 0 Å². The van der Waals surface area contributed by atoms with Crippen LogP contribution in [0, 0.1) is 11.8 Å². The molecule has 2 N–H and O–H groups in total. The van der Waals surface area contributed by atoms with E-state index in [9.17, 15) is 10.2 Å². The number of hydrogen-bond acceptors (Lipinski definition) is 5. The fourth-order valence-corrected chi connectivity index (χ4v) is 1.52. The van der Waals surface area contributed by atoms with Crippen LogP contribution in [0.15, 0.2) is 5.16 Å². The molecule has 3 atom stereocenters. The predicted octanol–water partition coefficient (Wildman–Crippen LogP) is 1.43. The van der Waals surface area contributed by atoms with Gasteiger partial charge in [0.15, 0.2) is 0 Å². The quantitative estimate of drug-likeness (QED) is 0.512. The number of ether oxygens (including phenoxy) is 1. The van der Waals surface area contributed by atoms with Crippen molar-refractivity contribution in [2.24, 2.45) is 17.0 Å². The van der Waals surface area contributed by atoms with Gasteiger partial charge in [-0.3, -0.25) is 0 Å². The van der Waals surface area contributed by atoms with Gasteiger partial charge in [-0.15, -0.1) is 0 Å². The third-order valence-corrected chi connectivity index (χ3v) is 2.49. The summed E-state index contributed by atoms with van der Waals surface area (Å²) in [6.45, 7) is 9.91. The van der Waals surface area contributed by atoms with E-state index in [0.29, 0.717) is 18.2 Å². The Kier molecular flexibility index (Phi) is 8.15. The molecular weight excluding hydrogens is 234 g/mol. The topological polar surface area (TPSA) is 71.3 Å². The largest absolute Gasteiger partial charge is 0.395 e. The van der Waals surface area contributed by atoms with Gasteiger partial charge in [-0.1, -0.05) is 32.9 Å². The number of rotatable bonds is 8. The van der Waals surface area contributed by atoms with Crippen LogP contribution in [0.4, 0.5) is 0 Å². The molecule has 0 aliphatic carbocycles. The van der Waals surface area contributed by atoms with Gasteiger partial charge in [-0.2, -0.15) is 0 Å². The molecule has 0 fully saturated rings. The number of oxime groups is 1. The monoisotopic (exact) mass is 261 g/mol. The molecule has 0 amide bonds. The van der Waals surface area contributed by atoms with Crippen LogP contribution >= 0.6 is 0 Å². The van der Waals surface area contributed by atoms with Crippen molar-refractivity contribution in [3.8, 4) is 0 Å². The summed E-state index contributed by atoms with van der Waals surface area (Å²) < 4.78 is 5.32. The summed E-state index contributed by atoms with van der Waals surface area (Å²) in [6.07, 6.45) is -2.37. The molecule has 0 saturated carbocycles. The van der Waals surface area contributed by atoms with E-state index in [2.05, 4.69) is 5.16 Å². The maximum Gasteiger partial charge on any atom is 0.124 e. The zero-order chi connectivity index (χ0) is 14.3. The molecule has 0 aromatic rings. The van der Waals surface area contributed by atoms with Gasteiger partial charge < -0.3 is 19.8 Å². The highest BCUT2D eigenvalue weighted by Gasteiger charge is 2.29. The van der Waals surface area contributed by atoms with E-state index in [0.717, 1.165) is 0 Å². The zero-order valence-corrected chi connectivity index (χ0v) is 12.3. The zero-order valence-electron chi connectivity index (χ0n) is 12.3. The SMILES string of the molecule is CO[C@H](/C(=N/OCC(C)C)[C@@H](O)[C@@H](C)O)C(C)C. The first kappa shape index (κ1) is 17.4. The third kappa shape index (κ3) is 5.80. The Morgan fingerprint density at radius 2 is 1.67 bits per heavy atom. The smallest absolute Gasteiger partial charge is 0.124 e. The van der Waals surface area contributed by atoms with Crippen molar-refractivity contribution in [3.63, 3.8) is 0 Å². The van der Waals surface area contributed by atoms with Gasteiger partial charge in [0.2, 0.25) is 0 Å². The molecule has 5 nitrogen and oxygen atoms in total. The Morgan fingerprint density at radius 3 is 2.00 bits per heavy atom. The summed E-state index contributed by atoms with van der Waals surface area (Å²) in [5, 5.41) is 23.4. The van der Waals surface area contributed by atoms with E-state index in [1.807, 2.05) is 27.7 Å². The minimum Gasteiger partial charge on any atom is -0.395 e. The molecule has 18 heavy (non-hydrogen) atoms. The molecule has 0 spiro atoms. The number of aliphatic hydroxyl groups excluding tert-OH is 2. The van der Waals surface area contributed by atoms with Gasteiger partial charge in [0, 0.05) is 7.11 Å². The normalized spacial score (nSPS) is 18.0.